The van der Waals surface area contributed by atoms with Crippen LogP contribution in [0.15, 0.2) is 30.5 Å². The normalized spacial score (nSPS) is 11.3. The fourth-order valence-electron chi connectivity index (χ4n) is 1.44. The van der Waals surface area contributed by atoms with Crippen molar-refractivity contribution in [2.45, 2.75) is 0 Å². The number of nitrogens with two attached hydrogens (primary N) is 1. The molecule has 0 radical (unpaired) electrons. The van der Waals surface area contributed by atoms with Crippen molar-refractivity contribution in [1.82, 2.24) is 9.97 Å². The molecule has 2 rings (SSSR count). The molecule has 0 saturated carbocycles. The summed E-state index contributed by atoms with van der Waals surface area (Å²) >= 11 is 2.01. The predicted octanol–water partition coefficient (Wildman–Crippen LogP) is 1.70. The lowest BCUT2D eigenvalue weighted by Crippen LogP contribution is -2.09. The van der Waals surface area contributed by atoms with Gasteiger partial charge in [0.1, 0.15) is 3.70 Å². The van der Waals surface area contributed by atoms with Crippen LogP contribution in [0.4, 0.5) is 11.5 Å². The third kappa shape index (κ3) is 3.77. The van der Waals surface area contributed by atoms with Crippen LogP contribution in [0.5, 0.6) is 0 Å². The van der Waals surface area contributed by atoms with Gasteiger partial charge in [0.05, 0.1) is 18.1 Å². The van der Waals surface area contributed by atoms with Crippen LogP contribution in [0.3, 0.4) is 0 Å². The lowest BCUT2D eigenvalue weighted by molar-refractivity contribution is 0.607. The summed E-state index contributed by atoms with van der Waals surface area (Å²) in [7, 11) is -3.26. The zero-order valence-corrected chi connectivity index (χ0v) is 12.9. The van der Waals surface area contributed by atoms with Gasteiger partial charge < -0.3 is 5.73 Å². The number of sulfonamides is 1. The highest BCUT2D eigenvalue weighted by atomic mass is 127. The fourth-order valence-corrected chi connectivity index (χ4v) is 2.40. The maximum absolute atomic E-state index is 11.1. The highest BCUT2D eigenvalue weighted by Gasteiger charge is 2.05. The Bertz CT molecular complexity index is 701. The highest BCUT2D eigenvalue weighted by Crippen LogP contribution is 2.21. The van der Waals surface area contributed by atoms with Gasteiger partial charge in [0, 0.05) is 11.3 Å². The third-order valence-electron chi connectivity index (χ3n) is 2.24. The molecular weight excluding hydrogens is 379 g/mol. The Morgan fingerprint density at radius 2 is 1.89 bits per heavy atom. The van der Waals surface area contributed by atoms with E-state index in [0.717, 1.165) is 11.8 Å². The summed E-state index contributed by atoms with van der Waals surface area (Å²) in [5.41, 5.74) is 7.63. The second-order valence-electron chi connectivity index (χ2n) is 3.88. The Morgan fingerprint density at radius 1 is 1.26 bits per heavy atom. The van der Waals surface area contributed by atoms with Crippen LogP contribution in [-0.4, -0.2) is 24.6 Å². The van der Waals surface area contributed by atoms with E-state index in [4.69, 9.17) is 5.73 Å². The number of benzene rings is 1. The quantitative estimate of drug-likeness (QED) is 0.778. The molecule has 0 amide bonds. The van der Waals surface area contributed by atoms with E-state index in [1.807, 2.05) is 22.6 Å². The van der Waals surface area contributed by atoms with E-state index in [1.165, 1.54) is 0 Å². The molecule has 1 aromatic carbocycles. The molecule has 19 heavy (non-hydrogen) atoms. The zero-order valence-electron chi connectivity index (χ0n) is 9.96. The van der Waals surface area contributed by atoms with Gasteiger partial charge in [-0.3, -0.25) is 4.72 Å². The van der Waals surface area contributed by atoms with Crippen LogP contribution < -0.4 is 10.5 Å². The first-order valence-corrected chi connectivity index (χ1v) is 8.18. The van der Waals surface area contributed by atoms with E-state index < -0.39 is 10.0 Å². The molecule has 0 saturated heterocycles. The third-order valence-corrected chi connectivity index (χ3v) is 3.64. The van der Waals surface area contributed by atoms with Crippen molar-refractivity contribution >= 4 is 44.1 Å². The van der Waals surface area contributed by atoms with Crippen LogP contribution in [0.1, 0.15) is 0 Å². The van der Waals surface area contributed by atoms with Crippen molar-refractivity contribution in [1.29, 1.82) is 0 Å². The van der Waals surface area contributed by atoms with E-state index in [-0.39, 0.29) is 0 Å². The summed E-state index contributed by atoms with van der Waals surface area (Å²) in [6, 6.07) is 6.87. The van der Waals surface area contributed by atoms with Gasteiger partial charge in [0.2, 0.25) is 10.0 Å². The van der Waals surface area contributed by atoms with Crippen LogP contribution in [0.2, 0.25) is 0 Å². The van der Waals surface area contributed by atoms with Crippen molar-refractivity contribution in [2.24, 2.45) is 0 Å². The average molecular weight is 390 g/mol. The number of hydrogen-bond acceptors (Lipinski definition) is 5. The number of anilines is 2. The summed E-state index contributed by atoms with van der Waals surface area (Å²) < 4.78 is 25.2. The molecular formula is C11H11IN4O2S. The number of aromatic nitrogens is 2. The Hall–Kier alpha value is -1.42. The minimum absolute atomic E-state index is 0.389. The molecule has 0 unspecified atom stereocenters. The first kappa shape index (κ1) is 14.0. The molecule has 0 aliphatic rings. The Labute approximate surface area is 124 Å². The second-order valence-corrected chi connectivity index (χ2v) is 6.65. The van der Waals surface area contributed by atoms with Crippen molar-refractivity contribution in [3.63, 3.8) is 0 Å². The smallest absolute Gasteiger partial charge is 0.229 e. The van der Waals surface area contributed by atoms with Crippen LogP contribution in [0.25, 0.3) is 11.3 Å². The molecule has 0 aliphatic carbocycles. The molecule has 0 aliphatic heterocycles. The van der Waals surface area contributed by atoms with E-state index in [0.29, 0.717) is 20.9 Å². The highest BCUT2D eigenvalue weighted by molar-refractivity contribution is 14.1. The number of hydrogen-bond donors (Lipinski definition) is 2. The van der Waals surface area contributed by atoms with Gasteiger partial charge in [0.25, 0.3) is 0 Å². The molecule has 1 aromatic heterocycles. The minimum atomic E-state index is -3.26. The summed E-state index contributed by atoms with van der Waals surface area (Å²) in [4.78, 5) is 8.34. The molecule has 0 atom stereocenters. The second kappa shape index (κ2) is 5.29. The van der Waals surface area contributed by atoms with Crippen molar-refractivity contribution in [3.8, 4) is 11.3 Å². The predicted molar refractivity (Wildman–Crippen MR) is 83.1 cm³/mol. The number of rotatable bonds is 3. The Morgan fingerprint density at radius 3 is 2.42 bits per heavy atom. The Balaban J connectivity index is 2.29. The minimum Gasteiger partial charge on any atom is -0.382 e. The fraction of sp³-hybridized carbons (Fsp3) is 0.0909. The van der Waals surface area contributed by atoms with Gasteiger partial charge in [-0.25, -0.2) is 18.4 Å². The van der Waals surface area contributed by atoms with Crippen LogP contribution in [-0.2, 0) is 10.0 Å². The average Bonchev–Trinajstić information content (AvgIpc) is 2.32. The van der Waals surface area contributed by atoms with Crippen molar-refractivity contribution in [3.05, 3.63) is 34.2 Å². The van der Waals surface area contributed by atoms with Gasteiger partial charge in [-0.05, 0) is 34.7 Å². The molecule has 0 spiro atoms. The van der Waals surface area contributed by atoms with Crippen molar-refractivity contribution in [2.75, 3.05) is 16.7 Å². The maximum Gasteiger partial charge on any atom is 0.229 e. The summed E-state index contributed by atoms with van der Waals surface area (Å²) in [6.45, 7) is 0. The summed E-state index contributed by atoms with van der Waals surface area (Å²) in [5.74, 6) is 0.389. The summed E-state index contributed by atoms with van der Waals surface area (Å²) in [6.07, 6.45) is 2.69. The number of nitrogens with one attached hydrogen (secondary N) is 1. The lowest BCUT2D eigenvalue weighted by atomic mass is 10.1. The van der Waals surface area contributed by atoms with E-state index in [2.05, 4.69) is 14.7 Å². The monoisotopic (exact) mass is 390 g/mol. The standard InChI is InChI=1S/C11H11IN4O2S/c1-19(17,18)16-8-4-2-7(3-5-8)9-6-14-11(13)10(12)15-9/h2-6,16H,1H3,(H2,13,14). The first-order valence-electron chi connectivity index (χ1n) is 5.21. The topological polar surface area (TPSA) is 98.0 Å². The van der Waals surface area contributed by atoms with Crippen LogP contribution >= 0.6 is 22.6 Å². The van der Waals surface area contributed by atoms with Gasteiger partial charge in [-0.2, -0.15) is 0 Å². The zero-order chi connectivity index (χ0) is 14.0. The summed E-state index contributed by atoms with van der Waals surface area (Å²) in [5, 5.41) is 0. The molecule has 8 heteroatoms. The Kier molecular flexibility index (Phi) is 3.90. The van der Waals surface area contributed by atoms with Gasteiger partial charge >= 0.3 is 0 Å². The molecule has 6 nitrogen and oxygen atoms in total. The van der Waals surface area contributed by atoms with Crippen molar-refractivity contribution < 1.29 is 8.42 Å². The van der Waals surface area contributed by atoms with E-state index >= 15 is 0 Å². The maximum atomic E-state index is 11.1. The van der Waals surface area contributed by atoms with Gasteiger partial charge in [-0.1, -0.05) is 12.1 Å². The van der Waals surface area contributed by atoms with Gasteiger partial charge in [-0.15, -0.1) is 0 Å². The SMILES string of the molecule is CS(=O)(=O)Nc1ccc(-c2cnc(N)c(I)n2)cc1. The first-order chi connectivity index (χ1) is 8.85. The number of nitrogens with zero attached hydrogens (tertiary/aromatic N) is 2. The lowest BCUT2D eigenvalue weighted by Gasteiger charge is -2.06. The van der Waals surface area contributed by atoms with Crippen LogP contribution in [0, 0.1) is 3.70 Å². The van der Waals surface area contributed by atoms with Gasteiger partial charge in [0.15, 0.2) is 5.82 Å². The molecule has 100 valence electrons. The molecule has 2 aromatic rings. The number of nitrogen functional groups attached to an aromatic ring is 1. The molecule has 0 fully saturated rings. The molecule has 1 heterocycles. The molecule has 0 bridgehead atoms. The largest absolute Gasteiger partial charge is 0.382 e. The van der Waals surface area contributed by atoms with E-state index in [9.17, 15) is 8.42 Å². The van der Waals surface area contributed by atoms with E-state index in [1.54, 1.807) is 30.5 Å². The number of halogens is 1. The molecule has 3 N–H and O–H groups in total.